The zero-order valence-electron chi connectivity index (χ0n) is 12.6. The van der Waals surface area contributed by atoms with Crippen LogP contribution in [0.1, 0.15) is 37.7 Å². The Bertz CT molecular complexity index is 506. The monoisotopic (exact) mass is 323 g/mol. The lowest BCUT2D eigenvalue weighted by Gasteiger charge is -2.34. The summed E-state index contributed by atoms with van der Waals surface area (Å²) in [7, 11) is 0. The highest BCUT2D eigenvalue weighted by Crippen LogP contribution is 2.36. The second kappa shape index (κ2) is 8.18. The SMILES string of the molecule is O=C1CC(CCCCCl)(C(=O)OCc2ccccc2)CCN1. The zero-order chi connectivity index (χ0) is 15.8. The summed E-state index contributed by atoms with van der Waals surface area (Å²) in [4.78, 5) is 24.3. The van der Waals surface area contributed by atoms with Crippen molar-refractivity contribution in [3.8, 4) is 0 Å². The molecule has 22 heavy (non-hydrogen) atoms. The molecular formula is C17H22ClNO3. The van der Waals surface area contributed by atoms with Gasteiger partial charge in [0.2, 0.25) is 5.91 Å². The number of carbonyl (C=O) groups is 2. The van der Waals surface area contributed by atoms with Gasteiger partial charge in [-0.05, 0) is 24.8 Å². The summed E-state index contributed by atoms with van der Waals surface area (Å²) in [5.41, 5.74) is 0.260. The van der Waals surface area contributed by atoms with Crippen LogP contribution in [0, 0.1) is 5.41 Å². The van der Waals surface area contributed by atoms with Gasteiger partial charge >= 0.3 is 5.97 Å². The van der Waals surface area contributed by atoms with Gasteiger partial charge in [0.05, 0.1) is 5.41 Å². The molecule has 1 atom stereocenters. The van der Waals surface area contributed by atoms with Gasteiger partial charge in [-0.25, -0.2) is 0 Å². The van der Waals surface area contributed by atoms with Gasteiger partial charge in [-0.2, -0.15) is 0 Å². The first-order valence-electron chi connectivity index (χ1n) is 7.70. The lowest BCUT2D eigenvalue weighted by atomic mass is 9.74. The number of ether oxygens (including phenoxy) is 1. The molecule has 1 N–H and O–H groups in total. The van der Waals surface area contributed by atoms with Gasteiger partial charge < -0.3 is 10.1 Å². The number of alkyl halides is 1. The molecule has 1 fully saturated rings. The Labute approximate surface area is 136 Å². The average molecular weight is 324 g/mol. The summed E-state index contributed by atoms with van der Waals surface area (Å²) in [6, 6.07) is 9.58. The van der Waals surface area contributed by atoms with Crippen molar-refractivity contribution in [2.75, 3.05) is 12.4 Å². The minimum atomic E-state index is -0.691. The van der Waals surface area contributed by atoms with E-state index in [1.54, 1.807) is 0 Å². The molecule has 0 spiro atoms. The molecule has 1 saturated heterocycles. The first-order valence-corrected chi connectivity index (χ1v) is 8.23. The second-order valence-electron chi connectivity index (χ2n) is 5.76. The van der Waals surface area contributed by atoms with Gasteiger partial charge in [-0.3, -0.25) is 9.59 Å². The number of hydrogen-bond acceptors (Lipinski definition) is 3. The molecule has 5 heteroatoms. The van der Waals surface area contributed by atoms with Gasteiger partial charge in [0, 0.05) is 18.8 Å². The number of nitrogens with one attached hydrogen (secondary N) is 1. The van der Waals surface area contributed by atoms with Crippen molar-refractivity contribution < 1.29 is 14.3 Å². The van der Waals surface area contributed by atoms with Crippen LogP contribution in [0.25, 0.3) is 0 Å². The number of piperidine rings is 1. The Morgan fingerprint density at radius 3 is 2.73 bits per heavy atom. The van der Waals surface area contributed by atoms with Crippen molar-refractivity contribution in [1.29, 1.82) is 0 Å². The van der Waals surface area contributed by atoms with Crippen LogP contribution in [0.3, 0.4) is 0 Å². The molecule has 1 aliphatic heterocycles. The summed E-state index contributed by atoms with van der Waals surface area (Å²) < 4.78 is 5.50. The molecule has 0 saturated carbocycles. The Balaban J connectivity index is 2.00. The lowest BCUT2D eigenvalue weighted by molar-refractivity contribution is -0.162. The van der Waals surface area contributed by atoms with Crippen LogP contribution in [-0.2, 0) is 20.9 Å². The third-order valence-corrected chi connectivity index (χ3v) is 4.38. The Kier molecular flexibility index (Phi) is 6.25. The van der Waals surface area contributed by atoms with Crippen molar-refractivity contribution in [1.82, 2.24) is 5.32 Å². The third-order valence-electron chi connectivity index (χ3n) is 4.11. The van der Waals surface area contributed by atoms with Crippen LogP contribution in [0.4, 0.5) is 0 Å². The van der Waals surface area contributed by atoms with E-state index in [-0.39, 0.29) is 24.9 Å². The molecule has 2 rings (SSSR count). The summed E-state index contributed by atoms with van der Waals surface area (Å²) >= 11 is 5.72. The van der Waals surface area contributed by atoms with Gasteiger partial charge in [0.15, 0.2) is 0 Å². The molecule has 1 heterocycles. The second-order valence-corrected chi connectivity index (χ2v) is 6.14. The van der Waals surface area contributed by atoms with Crippen LogP contribution >= 0.6 is 11.6 Å². The third kappa shape index (κ3) is 4.47. The highest BCUT2D eigenvalue weighted by molar-refractivity contribution is 6.17. The molecule has 120 valence electrons. The molecule has 1 amide bonds. The van der Waals surface area contributed by atoms with Crippen molar-refractivity contribution in [3.63, 3.8) is 0 Å². The first-order chi connectivity index (χ1) is 10.7. The fraction of sp³-hybridized carbons (Fsp3) is 0.529. The van der Waals surface area contributed by atoms with E-state index in [0.717, 1.165) is 18.4 Å². The van der Waals surface area contributed by atoms with E-state index in [4.69, 9.17) is 16.3 Å². The first kappa shape index (κ1) is 16.8. The number of unbranched alkanes of at least 4 members (excludes halogenated alkanes) is 1. The van der Waals surface area contributed by atoms with Gasteiger partial charge in [-0.15, -0.1) is 11.6 Å². The molecule has 4 nitrogen and oxygen atoms in total. The van der Waals surface area contributed by atoms with E-state index >= 15 is 0 Å². The molecule has 0 aromatic heterocycles. The molecule has 1 aliphatic rings. The van der Waals surface area contributed by atoms with Crippen LogP contribution in [0.15, 0.2) is 30.3 Å². The number of esters is 1. The standard InChI is InChI=1S/C17H22ClNO3/c18-10-5-4-8-17(9-11-19-15(20)12-17)16(21)22-13-14-6-2-1-3-7-14/h1-3,6-7H,4-5,8-13H2,(H,19,20). The minimum Gasteiger partial charge on any atom is -0.460 e. The number of amides is 1. The summed E-state index contributed by atoms with van der Waals surface area (Å²) in [6.07, 6.45) is 3.17. The zero-order valence-corrected chi connectivity index (χ0v) is 13.4. The normalized spacial score (nSPS) is 21.2. The maximum atomic E-state index is 12.6. The van der Waals surface area contributed by atoms with Crippen LogP contribution < -0.4 is 5.32 Å². The molecule has 1 unspecified atom stereocenters. The fourth-order valence-corrected chi connectivity index (χ4v) is 3.01. The summed E-state index contributed by atoms with van der Waals surface area (Å²) in [6.45, 7) is 0.776. The van der Waals surface area contributed by atoms with Crippen molar-refractivity contribution >= 4 is 23.5 Å². The van der Waals surface area contributed by atoms with E-state index in [1.807, 2.05) is 30.3 Å². The number of carbonyl (C=O) groups excluding carboxylic acids is 2. The average Bonchev–Trinajstić information content (AvgIpc) is 2.54. The van der Waals surface area contributed by atoms with Gasteiger partial charge in [-0.1, -0.05) is 36.8 Å². The van der Waals surface area contributed by atoms with Gasteiger partial charge in [0.25, 0.3) is 0 Å². The largest absolute Gasteiger partial charge is 0.460 e. The fourth-order valence-electron chi connectivity index (χ4n) is 2.82. The van der Waals surface area contributed by atoms with E-state index in [1.165, 1.54) is 0 Å². The summed E-state index contributed by atoms with van der Waals surface area (Å²) in [5, 5.41) is 2.78. The highest BCUT2D eigenvalue weighted by atomic mass is 35.5. The van der Waals surface area contributed by atoms with Gasteiger partial charge in [0.1, 0.15) is 6.61 Å². The molecule has 0 aliphatic carbocycles. The Morgan fingerprint density at radius 1 is 1.27 bits per heavy atom. The highest BCUT2D eigenvalue weighted by Gasteiger charge is 2.43. The van der Waals surface area contributed by atoms with Crippen LogP contribution in [0.2, 0.25) is 0 Å². The lowest BCUT2D eigenvalue weighted by Crippen LogP contribution is -2.46. The van der Waals surface area contributed by atoms with E-state index < -0.39 is 5.41 Å². The predicted molar refractivity (Wildman–Crippen MR) is 85.5 cm³/mol. The molecular weight excluding hydrogens is 302 g/mol. The van der Waals surface area contributed by atoms with Crippen molar-refractivity contribution in [2.45, 2.75) is 38.7 Å². The van der Waals surface area contributed by atoms with E-state index in [2.05, 4.69) is 5.32 Å². The smallest absolute Gasteiger partial charge is 0.313 e. The Morgan fingerprint density at radius 2 is 2.05 bits per heavy atom. The molecule has 1 aromatic carbocycles. The predicted octanol–water partition coefficient (Wildman–Crippen LogP) is 3.04. The van der Waals surface area contributed by atoms with E-state index in [0.29, 0.717) is 25.3 Å². The Hall–Kier alpha value is -1.55. The van der Waals surface area contributed by atoms with E-state index in [9.17, 15) is 9.59 Å². The topological polar surface area (TPSA) is 55.4 Å². The molecule has 0 bridgehead atoms. The minimum absolute atomic E-state index is 0.0752. The number of benzene rings is 1. The number of rotatable bonds is 7. The molecule has 1 aromatic rings. The van der Waals surface area contributed by atoms with Crippen molar-refractivity contribution in [2.24, 2.45) is 5.41 Å². The number of halogens is 1. The van der Waals surface area contributed by atoms with Crippen molar-refractivity contribution in [3.05, 3.63) is 35.9 Å². The van der Waals surface area contributed by atoms with Crippen LogP contribution in [-0.4, -0.2) is 24.3 Å². The quantitative estimate of drug-likeness (QED) is 0.477. The number of hydrogen-bond donors (Lipinski definition) is 1. The summed E-state index contributed by atoms with van der Waals surface area (Å²) in [5.74, 6) is 0.232. The molecule has 0 radical (unpaired) electrons. The maximum Gasteiger partial charge on any atom is 0.313 e. The van der Waals surface area contributed by atoms with Crippen LogP contribution in [0.5, 0.6) is 0 Å². The maximum absolute atomic E-state index is 12.6.